The van der Waals surface area contributed by atoms with E-state index in [4.69, 9.17) is 5.26 Å². The second-order valence-electron chi connectivity index (χ2n) is 4.43. The Balaban J connectivity index is 1.81. The van der Waals surface area contributed by atoms with Crippen molar-refractivity contribution in [3.05, 3.63) is 57.8 Å². The Labute approximate surface area is 112 Å². The van der Waals surface area contributed by atoms with Gasteiger partial charge < -0.3 is 5.32 Å². The van der Waals surface area contributed by atoms with Crippen LogP contribution in [0.1, 0.15) is 23.6 Å². The zero-order valence-electron chi connectivity index (χ0n) is 10.4. The second kappa shape index (κ2) is 6.34. The molecule has 1 heterocycles. The maximum absolute atomic E-state index is 8.73. The summed E-state index contributed by atoms with van der Waals surface area (Å²) in [6.45, 7) is 3.04. The Hall–Kier alpha value is -1.63. The average molecular weight is 256 g/mol. The quantitative estimate of drug-likeness (QED) is 0.890. The minimum absolute atomic E-state index is 0.454. The lowest BCUT2D eigenvalue weighted by Crippen LogP contribution is -2.27. The lowest BCUT2D eigenvalue weighted by atomic mass is 10.1. The van der Waals surface area contributed by atoms with Crippen LogP contribution >= 0.6 is 11.3 Å². The molecule has 1 aromatic carbocycles. The fourth-order valence-electron chi connectivity index (χ4n) is 1.82. The van der Waals surface area contributed by atoms with Crippen LogP contribution in [0.25, 0.3) is 0 Å². The number of nitrogens with zero attached hydrogens (tertiary/aromatic N) is 1. The predicted molar refractivity (Wildman–Crippen MR) is 75.5 cm³/mol. The lowest BCUT2D eigenvalue weighted by Gasteiger charge is -2.13. The van der Waals surface area contributed by atoms with Gasteiger partial charge in [-0.25, -0.2) is 0 Å². The van der Waals surface area contributed by atoms with E-state index in [1.165, 1.54) is 11.1 Å². The first kappa shape index (κ1) is 12.8. The number of nitrogens with one attached hydrogen (secondary N) is 1. The molecule has 1 atom stereocenters. The van der Waals surface area contributed by atoms with E-state index in [1.807, 2.05) is 24.3 Å². The van der Waals surface area contributed by atoms with Crippen LogP contribution in [-0.2, 0) is 13.0 Å². The van der Waals surface area contributed by atoms with Crippen LogP contribution in [0.5, 0.6) is 0 Å². The molecule has 3 heteroatoms. The minimum atomic E-state index is 0.454. The Morgan fingerprint density at radius 3 is 2.61 bits per heavy atom. The molecule has 1 N–H and O–H groups in total. The van der Waals surface area contributed by atoms with E-state index in [2.05, 4.69) is 35.1 Å². The smallest absolute Gasteiger partial charge is 0.0991 e. The zero-order chi connectivity index (χ0) is 12.8. The first-order valence-electron chi connectivity index (χ1n) is 6.01. The van der Waals surface area contributed by atoms with E-state index < -0.39 is 0 Å². The number of rotatable bonds is 5. The van der Waals surface area contributed by atoms with E-state index in [-0.39, 0.29) is 0 Å². The lowest BCUT2D eigenvalue weighted by molar-refractivity contribution is 0.546. The van der Waals surface area contributed by atoms with Crippen LogP contribution in [0, 0.1) is 11.3 Å². The third-order valence-electron chi connectivity index (χ3n) is 2.86. The number of thiophene rings is 1. The van der Waals surface area contributed by atoms with Gasteiger partial charge in [0.05, 0.1) is 11.6 Å². The van der Waals surface area contributed by atoms with E-state index in [0.29, 0.717) is 11.6 Å². The summed E-state index contributed by atoms with van der Waals surface area (Å²) in [4.78, 5) is 0. The van der Waals surface area contributed by atoms with E-state index in [9.17, 15) is 0 Å². The van der Waals surface area contributed by atoms with Crippen molar-refractivity contribution in [2.75, 3.05) is 0 Å². The van der Waals surface area contributed by atoms with Gasteiger partial charge in [0.25, 0.3) is 0 Å². The van der Waals surface area contributed by atoms with Gasteiger partial charge in [0.1, 0.15) is 0 Å². The van der Waals surface area contributed by atoms with Gasteiger partial charge in [0.2, 0.25) is 0 Å². The highest BCUT2D eigenvalue weighted by Crippen LogP contribution is 2.09. The molecule has 0 aliphatic rings. The molecule has 1 unspecified atom stereocenters. The summed E-state index contributed by atoms with van der Waals surface area (Å²) in [6, 6.07) is 12.5. The largest absolute Gasteiger partial charge is 0.310 e. The van der Waals surface area contributed by atoms with E-state index >= 15 is 0 Å². The van der Waals surface area contributed by atoms with Crippen LogP contribution in [0.2, 0.25) is 0 Å². The van der Waals surface area contributed by atoms with Crippen molar-refractivity contribution in [2.45, 2.75) is 25.9 Å². The number of benzene rings is 1. The molecule has 0 radical (unpaired) electrons. The fraction of sp³-hybridized carbons (Fsp3) is 0.267. The Morgan fingerprint density at radius 2 is 2.00 bits per heavy atom. The highest BCUT2D eigenvalue weighted by Gasteiger charge is 2.03. The van der Waals surface area contributed by atoms with Crippen molar-refractivity contribution in [1.82, 2.24) is 5.32 Å². The van der Waals surface area contributed by atoms with E-state index in [0.717, 1.165) is 13.0 Å². The average Bonchev–Trinajstić information content (AvgIpc) is 2.90. The van der Waals surface area contributed by atoms with E-state index in [1.54, 1.807) is 11.3 Å². The molecule has 0 amide bonds. The predicted octanol–water partition coefficient (Wildman–Crippen LogP) is 3.34. The highest BCUT2D eigenvalue weighted by atomic mass is 32.1. The number of hydrogen-bond donors (Lipinski definition) is 1. The molecule has 2 rings (SSSR count). The Bertz CT molecular complexity index is 508. The van der Waals surface area contributed by atoms with Crippen LogP contribution in [0.4, 0.5) is 0 Å². The first-order valence-corrected chi connectivity index (χ1v) is 6.95. The summed E-state index contributed by atoms with van der Waals surface area (Å²) in [6.07, 6.45) is 1.06. The summed E-state index contributed by atoms with van der Waals surface area (Å²) in [5, 5.41) is 16.5. The molecule has 2 nitrogen and oxygen atoms in total. The molecular formula is C15H16N2S. The zero-order valence-corrected chi connectivity index (χ0v) is 11.2. The maximum atomic E-state index is 8.73. The van der Waals surface area contributed by atoms with Crippen molar-refractivity contribution in [1.29, 1.82) is 5.26 Å². The standard InChI is InChI=1S/C15H16N2S/c1-12(8-15-6-7-18-11-15)17-10-14-4-2-13(9-16)3-5-14/h2-7,11-12,17H,8,10H2,1H3. The topological polar surface area (TPSA) is 35.8 Å². The summed E-state index contributed by atoms with van der Waals surface area (Å²) in [5.74, 6) is 0. The van der Waals surface area contributed by atoms with Crippen LogP contribution in [0.3, 0.4) is 0 Å². The fourth-order valence-corrected chi connectivity index (χ4v) is 2.51. The second-order valence-corrected chi connectivity index (χ2v) is 5.21. The number of nitriles is 1. The molecular weight excluding hydrogens is 240 g/mol. The summed E-state index contributed by atoms with van der Waals surface area (Å²) in [5.41, 5.74) is 3.32. The molecule has 92 valence electrons. The van der Waals surface area contributed by atoms with Crippen LogP contribution in [0.15, 0.2) is 41.1 Å². The van der Waals surface area contributed by atoms with Gasteiger partial charge in [0, 0.05) is 12.6 Å². The molecule has 18 heavy (non-hydrogen) atoms. The molecule has 0 saturated carbocycles. The summed E-state index contributed by atoms with van der Waals surface area (Å²) in [7, 11) is 0. The van der Waals surface area contributed by atoms with Crippen LogP contribution < -0.4 is 5.32 Å². The first-order chi connectivity index (χ1) is 8.78. The van der Waals surface area contributed by atoms with Gasteiger partial charge in [-0.15, -0.1) is 0 Å². The van der Waals surface area contributed by atoms with Crippen LogP contribution in [-0.4, -0.2) is 6.04 Å². The molecule has 2 aromatic rings. The Morgan fingerprint density at radius 1 is 1.22 bits per heavy atom. The van der Waals surface area contributed by atoms with Gasteiger partial charge in [-0.05, 0) is 53.4 Å². The summed E-state index contributed by atoms with van der Waals surface area (Å²) < 4.78 is 0. The van der Waals surface area contributed by atoms with Gasteiger partial charge in [0.15, 0.2) is 0 Å². The SMILES string of the molecule is CC(Cc1ccsc1)NCc1ccc(C#N)cc1. The van der Waals surface area contributed by atoms with Crippen molar-refractivity contribution >= 4 is 11.3 Å². The molecule has 0 fully saturated rings. The highest BCUT2D eigenvalue weighted by molar-refractivity contribution is 7.07. The number of hydrogen-bond acceptors (Lipinski definition) is 3. The molecule has 0 aliphatic carbocycles. The van der Waals surface area contributed by atoms with Gasteiger partial charge in [-0.3, -0.25) is 0 Å². The molecule has 0 bridgehead atoms. The molecule has 0 saturated heterocycles. The normalized spacial score (nSPS) is 12.0. The van der Waals surface area contributed by atoms with Gasteiger partial charge in [-0.2, -0.15) is 16.6 Å². The van der Waals surface area contributed by atoms with Gasteiger partial charge >= 0.3 is 0 Å². The molecule has 0 spiro atoms. The third-order valence-corrected chi connectivity index (χ3v) is 3.59. The maximum Gasteiger partial charge on any atom is 0.0991 e. The van der Waals surface area contributed by atoms with Crippen molar-refractivity contribution in [2.24, 2.45) is 0 Å². The van der Waals surface area contributed by atoms with Crippen molar-refractivity contribution in [3.63, 3.8) is 0 Å². The molecule has 0 aliphatic heterocycles. The third kappa shape index (κ3) is 3.69. The minimum Gasteiger partial charge on any atom is -0.310 e. The molecule has 1 aromatic heterocycles. The summed E-state index contributed by atoms with van der Waals surface area (Å²) >= 11 is 1.74. The van der Waals surface area contributed by atoms with Gasteiger partial charge in [-0.1, -0.05) is 12.1 Å². The van der Waals surface area contributed by atoms with Crippen molar-refractivity contribution < 1.29 is 0 Å². The monoisotopic (exact) mass is 256 g/mol. The Kier molecular flexibility index (Phi) is 4.52. The van der Waals surface area contributed by atoms with Crippen molar-refractivity contribution in [3.8, 4) is 6.07 Å².